The van der Waals surface area contributed by atoms with E-state index in [9.17, 15) is 13.2 Å². The molecule has 0 N–H and O–H groups in total. The number of benzene rings is 1. The van der Waals surface area contributed by atoms with Crippen LogP contribution in [0.1, 0.15) is 20.8 Å². The van der Waals surface area contributed by atoms with Crippen molar-refractivity contribution in [1.82, 2.24) is 0 Å². The van der Waals surface area contributed by atoms with Crippen LogP contribution in [0, 0.1) is 0 Å². The number of fused-ring (bicyclic) bond motifs is 1. The van der Waals surface area contributed by atoms with E-state index < -0.39 is 15.6 Å². The highest BCUT2D eigenvalue weighted by Gasteiger charge is 2.36. The van der Waals surface area contributed by atoms with Gasteiger partial charge >= 0.3 is 5.51 Å². The number of para-hydroxylation sites is 1. The summed E-state index contributed by atoms with van der Waals surface area (Å²) in [5, 5.41) is 1.15. The molecule has 1 heterocycles. The number of aromatic nitrogens is 1. The Morgan fingerprint density at radius 3 is 2.05 bits per heavy atom. The van der Waals surface area contributed by atoms with E-state index in [0.29, 0.717) is 0 Å². The molecule has 0 amide bonds. The van der Waals surface area contributed by atoms with Gasteiger partial charge in [0.25, 0.3) is 5.52 Å². The summed E-state index contributed by atoms with van der Waals surface area (Å²) in [7, 11) is -6.09. The summed E-state index contributed by atoms with van der Waals surface area (Å²) in [5.41, 5.74) is -4.49. The molecular weight excluding hydrogens is 311 g/mol. The van der Waals surface area contributed by atoms with E-state index in [4.69, 9.17) is 17.5 Å². The minimum Gasteiger partial charge on any atom is -0.741 e. The Bertz CT molecular complexity index is 714. The largest absolute Gasteiger partial charge is 0.741 e. The minimum absolute atomic E-state index is 0.00308. The van der Waals surface area contributed by atoms with Crippen LogP contribution in [0.25, 0.3) is 10.9 Å². The lowest BCUT2D eigenvalue weighted by Gasteiger charge is -2.08. The van der Waals surface area contributed by atoms with Gasteiger partial charge in [-0.25, -0.2) is 12.9 Å². The van der Waals surface area contributed by atoms with Gasteiger partial charge in [-0.05, 0) is 10.8 Å². The van der Waals surface area contributed by atoms with Gasteiger partial charge in [0, 0.05) is 26.8 Å². The lowest BCUT2D eigenvalue weighted by Crippen LogP contribution is -2.48. The third kappa shape index (κ3) is 4.43. The molecule has 2 rings (SSSR count). The van der Waals surface area contributed by atoms with Gasteiger partial charge in [0.2, 0.25) is 5.54 Å². The van der Waals surface area contributed by atoms with Crippen molar-refractivity contribution in [2.75, 3.05) is 0 Å². The number of halogens is 3. The monoisotopic (exact) mass is 325 g/mol. The molecule has 5 nitrogen and oxygen atoms in total. The number of hydrogen-bond donors (Lipinski definition) is 0. The van der Waals surface area contributed by atoms with E-state index in [1.165, 1.54) is 0 Å². The van der Waals surface area contributed by atoms with Crippen LogP contribution in [0.2, 0.25) is 0 Å². The standard InChI is InChI=1S/C11H14NO.CHF3O3S/c1-11(2,3)12-10-7-5-4-6-9(10)8-13-12;2-1(3,4)8(5,6)7/h4-8H,1-3H3;(H,5,6,7)/q+1;/p-1. The fourth-order valence-corrected chi connectivity index (χ4v) is 1.46. The third-order valence-corrected chi connectivity index (χ3v) is 2.90. The molecule has 1 aromatic heterocycles. The first-order valence-corrected chi connectivity index (χ1v) is 7.16. The van der Waals surface area contributed by atoms with Gasteiger partial charge in [-0.1, -0.05) is 12.1 Å². The van der Waals surface area contributed by atoms with Crippen molar-refractivity contribution in [3.05, 3.63) is 30.5 Å². The molecule has 9 heteroatoms. The Morgan fingerprint density at radius 2 is 1.62 bits per heavy atom. The smallest absolute Gasteiger partial charge is 0.485 e. The number of rotatable bonds is 0. The average molecular weight is 325 g/mol. The van der Waals surface area contributed by atoms with Gasteiger partial charge in [0.05, 0.1) is 5.39 Å². The van der Waals surface area contributed by atoms with Crippen molar-refractivity contribution in [3.8, 4) is 0 Å². The summed E-state index contributed by atoms with van der Waals surface area (Å²) in [5.74, 6) is 0. The Hall–Kier alpha value is -1.61. The summed E-state index contributed by atoms with van der Waals surface area (Å²) in [4.78, 5) is 0. The van der Waals surface area contributed by atoms with Gasteiger partial charge in [-0.15, -0.1) is 0 Å². The zero-order valence-electron chi connectivity index (χ0n) is 11.5. The second kappa shape index (κ2) is 5.64. The summed E-state index contributed by atoms with van der Waals surface area (Å²) in [6, 6.07) is 8.18. The molecule has 0 saturated heterocycles. The second-order valence-corrected chi connectivity index (χ2v) is 6.52. The molecule has 0 aliphatic heterocycles. The summed E-state index contributed by atoms with van der Waals surface area (Å²) in [6.45, 7) is 6.38. The van der Waals surface area contributed by atoms with Crippen LogP contribution in [-0.4, -0.2) is 18.5 Å². The highest BCUT2D eigenvalue weighted by Crippen LogP contribution is 2.20. The quantitative estimate of drug-likeness (QED) is 0.424. The molecule has 0 atom stereocenters. The number of hydrogen-bond acceptors (Lipinski definition) is 4. The first-order valence-electron chi connectivity index (χ1n) is 5.75. The molecular formula is C12H14F3NO4S. The molecule has 1 aromatic carbocycles. The fourth-order valence-electron chi connectivity index (χ4n) is 1.46. The molecule has 0 unspecified atom stereocenters. The van der Waals surface area contributed by atoms with Crippen LogP contribution < -0.4 is 4.74 Å². The highest BCUT2D eigenvalue weighted by molar-refractivity contribution is 7.86. The average Bonchev–Trinajstić information content (AvgIpc) is 2.69. The minimum atomic E-state index is -6.09. The van der Waals surface area contributed by atoms with E-state index in [1.54, 1.807) is 6.26 Å². The predicted molar refractivity (Wildman–Crippen MR) is 67.2 cm³/mol. The number of nitrogens with zero attached hydrogens (tertiary/aromatic N) is 1. The van der Waals surface area contributed by atoms with Gasteiger partial charge in [-0.3, -0.25) is 0 Å². The normalized spacial score (nSPS) is 12.9. The van der Waals surface area contributed by atoms with Gasteiger partial charge in [-0.2, -0.15) is 13.2 Å². The fraction of sp³-hybridized carbons (Fsp3) is 0.417. The Kier molecular flexibility index (Phi) is 4.69. The lowest BCUT2D eigenvalue weighted by molar-refractivity contribution is -0.887. The maximum Gasteiger partial charge on any atom is 0.485 e. The summed E-state index contributed by atoms with van der Waals surface area (Å²) < 4.78 is 66.3. The van der Waals surface area contributed by atoms with Gasteiger partial charge in [0.15, 0.2) is 16.4 Å². The van der Waals surface area contributed by atoms with Gasteiger partial charge < -0.3 is 4.55 Å². The van der Waals surface area contributed by atoms with Crippen LogP contribution in [0.5, 0.6) is 0 Å². The first kappa shape index (κ1) is 17.4. The van der Waals surface area contributed by atoms with E-state index in [-0.39, 0.29) is 5.54 Å². The van der Waals surface area contributed by atoms with Crippen LogP contribution in [0.15, 0.2) is 35.1 Å². The van der Waals surface area contributed by atoms with Crippen LogP contribution in [0.3, 0.4) is 0 Å². The molecule has 0 spiro atoms. The van der Waals surface area contributed by atoms with E-state index >= 15 is 0 Å². The predicted octanol–water partition coefficient (Wildman–Crippen LogP) is 2.53. The molecule has 0 saturated carbocycles. The van der Waals surface area contributed by atoms with E-state index in [0.717, 1.165) is 10.9 Å². The van der Waals surface area contributed by atoms with Crippen LogP contribution >= 0.6 is 0 Å². The molecule has 0 aliphatic carbocycles. The van der Waals surface area contributed by atoms with Crippen molar-refractivity contribution in [3.63, 3.8) is 0 Å². The molecule has 0 radical (unpaired) electrons. The van der Waals surface area contributed by atoms with Crippen LogP contribution in [-0.2, 0) is 15.7 Å². The Balaban J connectivity index is 0.000000240. The van der Waals surface area contributed by atoms with Crippen LogP contribution in [0.4, 0.5) is 13.2 Å². The van der Waals surface area contributed by atoms with E-state index in [1.807, 2.05) is 16.9 Å². The molecule has 0 aliphatic rings. The van der Waals surface area contributed by atoms with Crippen molar-refractivity contribution >= 4 is 21.0 Å². The highest BCUT2D eigenvalue weighted by atomic mass is 32.2. The molecule has 118 valence electrons. The zero-order chi connectivity index (χ0) is 16.5. The van der Waals surface area contributed by atoms with Crippen molar-refractivity contribution < 1.29 is 35.4 Å². The number of alkyl halides is 3. The molecule has 0 bridgehead atoms. The lowest BCUT2D eigenvalue weighted by atomic mass is 10.1. The maximum atomic E-state index is 10.7. The first-order chi connectivity index (χ1) is 9.34. The SMILES string of the molecule is CC(C)(C)[n+]1occ2ccccc21.O=S(=O)([O-])C(F)(F)F. The van der Waals surface area contributed by atoms with Crippen molar-refractivity contribution in [1.29, 1.82) is 0 Å². The Labute approximate surface area is 119 Å². The van der Waals surface area contributed by atoms with E-state index in [2.05, 4.69) is 32.9 Å². The van der Waals surface area contributed by atoms with Crippen molar-refractivity contribution in [2.45, 2.75) is 31.8 Å². The van der Waals surface area contributed by atoms with Crippen molar-refractivity contribution in [2.24, 2.45) is 0 Å². The van der Waals surface area contributed by atoms with Gasteiger partial charge in [0.1, 0.15) is 0 Å². The zero-order valence-corrected chi connectivity index (χ0v) is 12.3. The molecule has 2 aromatic rings. The maximum absolute atomic E-state index is 10.7. The topological polar surface area (TPSA) is 74.2 Å². The molecule has 21 heavy (non-hydrogen) atoms. The molecule has 0 fully saturated rings. The third-order valence-electron chi connectivity index (χ3n) is 2.33. The summed E-state index contributed by atoms with van der Waals surface area (Å²) >= 11 is 0. The Morgan fingerprint density at radius 1 is 1.14 bits per heavy atom. The second-order valence-electron chi connectivity index (χ2n) is 5.15. The summed E-state index contributed by atoms with van der Waals surface area (Å²) in [6.07, 6.45) is 1.79.